The minimum absolute atomic E-state index is 0.239. The monoisotopic (exact) mass is 292 g/mol. The fourth-order valence-electron chi connectivity index (χ4n) is 2.79. The summed E-state index contributed by atoms with van der Waals surface area (Å²) in [6.07, 6.45) is 4.56. The molecule has 1 fully saturated rings. The Balaban J connectivity index is 2.17. The second-order valence-corrected chi connectivity index (χ2v) is 6.12. The van der Waals surface area contributed by atoms with Crippen LogP contribution in [0.3, 0.4) is 0 Å². The maximum atomic E-state index is 6.14. The van der Waals surface area contributed by atoms with E-state index in [1.807, 2.05) is 0 Å². The zero-order chi connectivity index (χ0) is 12.2. The fraction of sp³-hybridized carbons (Fsp3) is 0.429. The molecule has 3 heteroatoms. The van der Waals surface area contributed by atoms with E-state index in [9.17, 15) is 0 Å². The van der Waals surface area contributed by atoms with Gasteiger partial charge < -0.3 is 10.3 Å². The predicted molar refractivity (Wildman–Crippen MR) is 75.2 cm³/mol. The van der Waals surface area contributed by atoms with Gasteiger partial charge in [0, 0.05) is 40.1 Å². The van der Waals surface area contributed by atoms with Gasteiger partial charge in [-0.2, -0.15) is 0 Å². The van der Waals surface area contributed by atoms with E-state index in [1.165, 1.54) is 29.3 Å². The third-order valence-corrected chi connectivity index (χ3v) is 4.81. The maximum Gasteiger partial charge on any atom is 0.0492 e. The van der Waals surface area contributed by atoms with Crippen molar-refractivity contribution in [2.45, 2.75) is 31.2 Å². The third kappa shape index (κ3) is 1.56. The summed E-state index contributed by atoms with van der Waals surface area (Å²) >= 11 is 3.59. The average Bonchev–Trinajstić information content (AvgIpc) is 3.04. The molecular formula is C14H17BrN2. The average molecular weight is 293 g/mol. The van der Waals surface area contributed by atoms with E-state index in [-0.39, 0.29) is 11.5 Å². The molecule has 1 atom stereocenters. The van der Waals surface area contributed by atoms with Crippen LogP contribution < -0.4 is 5.73 Å². The Bertz CT molecular complexity index is 579. The number of nitrogens with two attached hydrogens (primary N) is 1. The molecule has 17 heavy (non-hydrogen) atoms. The molecule has 1 aromatic heterocycles. The van der Waals surface area contributed by atoms with Crippen molar-refractivity contribution in [1.82, 2.24) is 4.57 Å². The molecule has 0 amide bonds. The van der Waals surface area contributed by atoms with Gasteiger partial charge in [0.15, 0.2) is 0 Å². The van der Waals surface area contributed by atoms with E-state index in [1.54, 1.807) is 0 Å². The maximum absolute atomic E-state index is 6.14. The van der Waals surface area contributed by atoms with Crippen LogP contribution in [0.15, 0.2) is 28.9 Å². The molecule has 0 aliphatic heterocycles. The summed E-state index contributed by atoms with van der Waals surface area (Å²) in [7, 11) is 2.09. The predicted octanol–water partition coefficient (Wildman–Crippen LogP) is 3.32. The van der Waals surface area contributed by atoms with Crippen LogP contribution in [0.5, 0.6) is 0 Å². The Morgan fingerprint density at radius 3 is 2.71 bits per heavy atom. The van der Waals surface area contributed by atoms with Gasteiger partial charge in [0.05, 0.1) is 0 Å². The first-order chi connectivity index (χ1) is 8.04. The normalized spacial score (nSPS) is 19.5. The lowest BCUT2D eigenvalue weighted by atomic mass is 9.89. The molecule has 1 unspecified atom stereocenters. The van der Waals surface area contributed by atoms with Gasteiger partial charge in [-0.05, 0) is 47.3 Å². The first-order valence-corrected chi connectivity index (χ1v) is 6.84. The van der Waals surface area contributed by atoms with Gasteiger partial charge >= 0.3 is 0 Å². The molecule has 2 aromatic rings. The van der Waals surface area contributed by atoms with Gasteiger partial charge in [-0.15, -0.1) is 0 Å². The Hall–Kier alpha value is -0.800. The summed E-state index contributed by atoms with van der Waals surface area (Å²) in [6.45, 7) is 2.12. The number of benzene rings is 1. The van der Waals surface area contributed by atoms with Crippen molar-refractivity contribution in [2.24, 2.45) is 12.8 Å². The number of fused-ring (bicyclic) bond motifs is 1. The van der Waals surface area contributed by atoms with Gasteiger partial charge in [-0.3, -0.25) is 0 Å². The molecule has 0 bridgehead atoms. The molecule has 1 aromatic carbocycles. The van der Waals surface area contributed by atoms with Crippen molar-refractivity contribution in [3.05, 3.63) is 34.4 Å². The lowest BCUT2D eigenvalue weighted by Gasteiger charge is -2.20. The number of nitrogens with zero attached hydrogens (tertiary/aromatic N) is 1. The van der Waals surface area contributed by atoms with E-state index in [2.05, 4.69) is 58.9 Å². The number of aryl methyl sites for hydroxylation is 1. The highest BCUT2D eigenvalue weighted by Crippen LogP contribution is 2.50. The van der Waals surface area contributed by atoms with Crippen LogP contribution in [0.1, 0.15) is 25.3 Å². The highest BCUT2D eigenvalue weighted by Gasteiger charge is 2.47. The molecule has 1 heterocycles. The van der Waals surface area contributed by atoms with Gasteiger partial charge in [-0.25, -0.2) is 0 Å². The fourth-order valence-corrected chi connectivity index (χ4v) is 3.43. The Kier molecular flexibility index (Phi) is 2.39. The zero-order valence-corrected chi connectivity index (χ0v) is 11.8. The molecule has 1 aliphatic rings. The Morgan fingerprint density at radius 2 is 2.12 bits per heavy atom. The summed E-state index contributed by atoms with van der Waals surface area (Å²) in [5, 5.41) is 1.27. The summed E-state index contributed by atoms with van der Waals surface area (Å²) in [4.78, 5) is 0. The van der Waals surface area contributed by atoms with E-state index in [0.29, 0.717) is 0 Å². The van der Waals surface area contributed by atoms with E-state index < -0.39 is 0 Å². The van der Waals surface area contributed by atoms with Crippen LogP contribution in [-0.2, 0) is 12.5 Å². The van der Waals surface area contributed by atoms with Crippen LogP contribution in [0, 0.1) is 0 Å². The van der Waals surface area contributed by atoms with Crippen LogP contribution in [0.4, 0.5) is 0 Å². The minimum atomic E-state index is 0.239. The molecule has 90 valence electrons. The lowest BCUT2D eigenvalue weighted by Crippen LogP contribution is -2.31. The van der Waals surface area contributed by atoms with Crippen LogP contribution in [0.25, 0.3) is 10.9 Å². The first-order valence-electron chi connectivity index (χ1n) is 6.05. The highest BCUT2D eigenvalue weighted by molar-refractivity contribution is 9.10. The largest absolute Gasteiger partial charge is 0.349 e. The molecule has 0 saturated heterocycles. The number of hydrogen-bond donors (Lipinski definition) is 1. The molecule has 0 spiro atoms. The van der Waals surface area contributed by atoms with Gasteiger partial charge in [0.2, 0.25) is 0 Å². The SMILES string of the molecule is CC(N)C1(c2ccc3c(Br)cn(C)c3c2)CC1. The molecule has 2 N–H and O–H groups in total. The number of aromatic nitrogens is 1. The van der Waals surface area contributed by atoms with Crippen molar-refractivity contribution in [1.29, 1.82) is 0 Å². The molecule has 1 aliphatic carbocycles. The first kappa shape index (κ1) is 11.3. The molecule has 2 nitrogen and oxygen atoms in total. The van der Waals surface area contributed by atoms with Gasteiger partial charge in [0.1, 0.15) is 0 Å². The smallest absolute Gasteiger partial charge is 0.0492 e. The number of hydrogen-bond acceptors (Lipinski definition) is 1. The standard InChI is InChI=1S/C14H17BrN2/c1-9(16)14(5-6-14)10-3-4-11-12(15)8-17(2)13(11)7-10/h3-4,7-9H,5-6,16H2,1-2H3. The van der Waals surface area contributed by atoms with Crippen molar-refractivity contribution < 1.29 is 0 Å². The summed E-state index contributed by atoms with van der Waals surface area (Å²) < 4.78 is 3.33. The lowest BCUT2D eigenvalue weighted by molar-refractivity contribution is 0.557. The topological polar surface area (TPSA) is 30.9 Å². The molecule has 1 saturated carbocycles. The van der Waals surface area contributed by atoms with E-state index in [4.69, 9.17) is 5.73 Å². The molecule has 3 rings (SSSR count). The van der Waals surface area contributed by atoms with Crippen LogP contribution >= 0.6 is 15.9 Å². The van der Waals surface area contributed by atoms with Gasteiger partial charge in [0.25, 0.3) is 0 Å². The summed E-state index contributed by atoms with van der Waals surface area (Å²) in [5.74, 6) is 0. The van der Waals surface area contributed by atoms with Gasteiger partial charge in [-0.1, -0.05) is 12.1 Å². The van der Waals surface area contributed by atoms with Crippen molar-refractivity contribution in [2.75, 3.05) is 0 Å². The summed E-state index contributed by atoms with van der Waals surface area (Å²) in [6, 6.07) is 6.99. The van der Waals surface area contributed by atoms with Crippen molar-refractivity contribution >= 4 is 26.8 Å². The van der Waals surface area contributed by atoms with Crippen molar-refractivity contribution in [3.63, 3.8) is 0 Å². The number of rotatable bonds is 2. The summed E-state index contributed by atoms with van der Waals surface area (Å²) in [5.41, 5.74) is 9.05. The zero-order valence-electron chi connectivity index (χ0n) is 10.2. The third-order valence-electron chi connectivity index (χ3n) is 4.18. The Morgan fingerprint density at radius 1 is 1.41 bits per heavy atom. The van der Waals surface area contributed by atoms with E-state index >= 15 is 0 Å². The molecule has 0 radical (unpaired) electrons. The second kappa shape index (κ2) is 3.59. The quantitative estimate of drug-likeness (QED) is 0.904. The van der Waals surface area contributed by atoms with Crippen LogP contribution in [-0.4, -0.2) is 10.6 Å². The minimum Gasteiger partial charge on any atom is -0.349 e. The second-order valence-electron chi connectivity index (χ2n) is 5.26. The number of halogens is 1. The van der Waals surface area contributed by atoms with Crippen LogP contribution in [0.2, 0.25) is 0 Å². The highest BCUT2D eigenvalue weighted by atomic mass is 79.9. The molecular weight excluding hydrogens is 276 g/mol. The Labute approximate surface area is 110 Å². The van der Waals surface area contributed by atoms with E-state index in [0.717, 1.165) is 4.47 Å². The van der Waals surface area contributed by atoms with Crippen molar-refractivity contribution in [3.8, 4) is 0 Å².